The van der Waals surface area contributed by atoms with Crippen molar-refractivity contribution in [3.05, 3.63) is 82.6 Å². The highest BCUT2D eigenvalue weighted by atomic mass is 35.5. The third kappa shape index (κ3) is 5.34. The number of nitrogens with zero attached hydrogens (tertiary/aromatic N) is 4. The van der Waals surface area contributed by atoms with Crippen molar-refractivity contribution < 1.29 is 14.3 Å². The molecular weight excluding hydrogens is 428 g/mol. The Morgan fingerprint density at radius 1 is 1.16 bits per heavy atom. The lowest BCUT2D eigenvalue weighted by atomic mass is 10.2. The van der Waals surface area contributed by atoms with Crippen LogP contribution in [0, 0.1) is 18.3 Å². The number of anilines is 1. The van der Waals surface area contributed by atoms with Crippen LogP contribution in [0.5, 0.6) is 0 Å². The van der Waals surface area contributed by atoms with Crippen LogP contribution in [0.2, 0.25) is 5.15 Å². The Hall–Kier alpha value is -3.63. The van der Waals surface area contributed by atoms with E-state index in [0.29, 0.717) is 17.9 Å². The fourth-order valence-corrected chi connectivity index (χ4v) is 3.58. The number of benzene rings is 2. The molecule has 1 heterocycles. The lowest BCUT2D eigenvalue weighted by Crippen LogP contribution is -2.40. The summed E-state index contributed by atoms with van der Waals surface area (Å²) in [4.78, 5) is 27.3. The van der Waals surface area contributed by atoms with Gasteiger partial charge in [-0.25, -0.2) is 9.48 Å². The van der Waals surface area contributed by atoms with E-state index in [-0.39, 0.29) is 23.7 Å². The minimum absolute atomic E-state index is 0.130. The Morgan fingerprint density at radius 2 is 1.78 bits per heavy atom. The summed E-state index contributed by atoms with van der Waals surface area (Å²) in [5, 5.41) is 13.5. The highest BCUT2D eigenvalue weighted by molar-refractivity contribution is 6.32. The lowest BCUT2D eigenvalue weighted by molar-refractivity contribution is -0.126. The van der Waals surface area contributed by atoms with Gasteiger partial charge in [-0.15, -0.1) is 0 Å². The second kappa shape index (κ2) is 10.6. The molecule has 0 bridgehead atoms. The second-order valence-electron chi connectivity index (χ2n) is 7.18. The van der Waals surface area contributed by atoms with E-state index in [1.165, 1.54) is 16.5 Å². The minimum atomic E-state index is -1.07. The van der Waals surface area contributed by atoms with Crippen molar-refractivity contribution in [3.8, 4) is 6.07 Å². The highest BCUT2D eigenvalue weighted by Gasteiger charge is 2.28. The van der Waals surface area contributed by atoms with Gasteiger partial charge < -0.3 is 9.64 Å². The smallest absolute Gasteiger partial charge is 0.343 e. The van der Waals surface area contributed by atoms with Crippen molar-refractivity contribution in [2.45, 2.75) is 32.9 Å². The van der Waals surface area contributed by atoms with Crippen LogP contribution in [0.4, 0.5) is 5.69 Å². The van der Waals surface area contributed by atoms with E-state index in [1.807, 2.05) is 42.5 Å². The van der Waals surface area contributed by atoms with E-state index >= 15 is 0 Å². The Labute approximate surface area is 191 Å². The first-order valence-corrected chi connectivity index (χ1v) is 10.5. The Morgan fingerprint density at radius 3 is 2.41 bits per heavy atom. The van der Waals surface area contributed by atoms with Gasteiger partial charge in [-0.2, -0.15) is 10.4 Å². The highest BCUT2D eigenvalue weighted by Crippen LogP contribution is 2.23. The van der Waals surface area contributed by atoms with E-state index in [2.05, 4.69) is 5.10 Å². The number of rotatable bonds is 8. The summed E-state index contributed by atoms with van der Waals surface area (Å²) in [6, 6.07) is 20.6. The number of halogens is 1. The number of carbonyl (C=O) groups is 2. The van der Waals surface area contributed by atoms with Gasteiger partial charge >= 0.3 is 5.97 Å². The van der Waals surface area contributed by atoms with Gasteiger partial charge in [0.15, 0.2) is 6.10 Å². The summed E-state index contributed by atoms with van der Waals surface area (Å²) in [6.07, 6.45) is -0.923. The first kappa shape index (κ1) is 23.0. The monoisotopic (exact) mass is 450 g/mol. The fraction of sp³-hybridized carbons (Fsp3) is 0.250. The Kier molecular flexibility index (Phi) is 7.63. The lowest BCUT2D eigenvalue weighted by Gasteiger charge is -2.25. The summed E-state index contributed by atoms with van der Waals surface area (Å²) in [6.45, 7) is 3.76. The predicted molar refractivity (Wildman–Crippen MR) is 121 cm³/mol. The number of nitriles is 1. The number of amides is 1. The molecule has 0 saturated heterocycles. The third-order valence-corrected chi connectivity index (χ3v) is 5.24. The maximum atomic E-state index is 13.0. The van der Waals surface area contributed by atoms with Gasteiger partial charge in [-0.05, 0) is 31.5 Å². The third-order valence-electron chi connectivity index (χ3n) is 4.86. The number of aromatic nitrogens is 2. The maximum Gasteiger partial charge on any atom is 0.343 e. The molecule has 0 aliphatic rings. The molecule has 0 N–H and O–H groups in total. The van der Waals surface area contributed by atoms with Crippen LogP contribution in [0.25, 0.3) is 0 Å². The average molecular weight is 451 g/mol. The summed E-state index contributed by atoms with van der Waals surface area (Å²) in [7, 11) is 0. The van der Waals surface area contributed by atoms with Crippen LogP contribution >= 0.6 is 11.6 Å². The van der Waals surface area contributed by atoms with Crippen LogP contribution in [0.1, 0.15) is 35.0 Å². The molecule has 0 saturated carbocycles. The molecule has 0 radical (unpaired) electrons. The van der Waals surface area contributed by atoms with Crippen LogP contribution in [0.3, 0.4) is 0 Å². The zero-order valence-corrected chi connectivity index (χ0v) is 18.6. The molecule has 3 aromatic rings. The fourth-order valence-electron chi connectivity index (χ4n) is 3.27. The summed E-state index contributed by atoms with van der Waals surface area (Å²) in [5.74, 6) is -1.15. The normalized spacial score (nSPS) is 11.4. The number of hydrogen-bond acceptors (Lipinski definition) is 5. The molecular formula is C24H23ClN4O3. The molecule has 164 valence electrons. The molecule has 1 amide bonds. The van der Waals surface area contributed by atoms with Crippen LogP contribution in [0.15, 0.2) is 60.7 Å². The molecule has 8 heteroatoms. The molecule has 0 fully saturated rings. The molecule has 2 aromatic carbocycles. The number of aryl methyl sites for hydroxylation is 1. The second-order valence-corrected chi connectivity index (χ2v) is 7.53. The maximum absolute atomic E-state index is 13.0. The zero-order chi connectivity index (χ0) is 23.1. The van der Waals surface area contributed by atoms with Gasteiger partial charge in [-0.3, -0.25) is 4.79 Å². The Balaban J connectivity index is 1.76. The molecule has 0 aliphatic heterocycles. The van der Waals surface area contributed by atoms with Crippen LogP contribution < -0.4 is 4.90 Å². The number of esters is 1. The molecule has 7 nitrogen and oxygen atoms in total. The van der Waals surface area contributed by atoms with Crippen molar-refractivity contribution in [3.63, 3.8) is 0 Å². The standard InChI is InChI=1S/C24H23ClN4O3/c1-17-21(22(25)29(27-17)16-19-10-5-3-6-11-19)24(31)32-18(2)23(30)28(15-9-14-26)20-12-7-4-8-13-20/h3-8,10-13,18H,9,15-16H2,1-2H3. The van der Waals surface area contributed by atoms with E-state index in [1.54, 1.807) is 31.2 Å². The first-order valence-electron chi connectivity index (χ1n) is 10.1. The zero-order valence-electron chi connectivity index (χ0n) is 17.9. The molecule has 0 spiro atoms. The van der Waals surface area contributed by atoms with Crippen molar-refractivity contribution in [2.75, 3.05) is 11.4 Å². The first-order chi connectivity index (χ1) is 15.4. The number of hydrogen-bond donors (Lipinski definition) is 0. The summed E-state index contributed by atoms with van der Waals surface area (Å²) >= 11 is 6.43. The molecule has 1 aromatic heterocycles. The summed E-state index contributed by atoms with van der Waals surface area (Å²) < 4.78 is 6.98. The SMILES string of the molecule is Cc1nn(Cc2ccccc2)c(Cl)c1C(=O)OC(C)C(=O)N(CCC#N)c1ccccc1. The van der Waals surface area contributed by atoms with E-state index in [9.17, 15) is 9.59 Å². The number of ether oxygens (including phenoxy) is 1. The molecule has 1 atom stereocenters. The molecule has 1 unspecified atom stereocenters. The van der Waals surface area contributed by atoms with Crippen molar-refractivity contribution in [1.82, 2.24) is 9.78 Å². The molecule has 32 heavy (non-hydrogen) atoms. The van der Waals surface area contributed by atoms with E-state index in [0.717, 1.165) is 5.56 Å². The molecule has 0 aliphatic carbocycles. The number of para-hydroxylation sites is 1. The minimum Gasteiger partial charge on any atom is -0.449 e. The quantitative estimate of drug-likeness (QED) is 0.475. The van der Waals surface area contributed by atoms with Crippen LogP contribution in [-0.2, 0) is 16.1 Å². The van der Waals surface area contributed by atoms with Crippen molar-refractivity contribution in [2.24, 2.45) is 0 Å². The van der Waals surface area contributed by atoms with Gasteiger partial charge in [0.25, 0.3) is 5.91 Å². The van der Waals surface area contributed by atoms with Crippen LogP contribution in [-0.4, -0.2) is 34.3 Å². The largest absolute Gasteiger partial charge is 0.449 e. The van der Waals surface area contributed by atoms with E-state index in [4.69, 9.17) is 21.6 Å². The Bertz CT molecular complexity index is 1120. The predicted octanol–water partition coefficient (Wildman–Crippen LogP) is 4.39. The van der Waals surface area contributed by atoms with Gasteiger partial charge in [0, 0.05) is 12.2 Å². The number of carbonyl (C=O) groups excluding carboxylic acids is 2. The van der Waals surface area contributed by atoms with Gasteiger partial charge in [0.05, 0.1) is 24.7 Å². The van der Waals surface area contributed by atoms with Gasteiger partial charge in [0.1, 0.15) is 10.7 Å². The summed E-state index contributed by atoms with van der Waals surface area (Å²) in [5.41, 5.74) is 2.16. The van der Waals surface area contributed by atoms with Crippen molar-refractivity contribution >= 4 is 29.2 Å². The average Bonchev–Trinajstić information content (AvgIpc) is 3.07. The topological polar surface area (TPSA) is 88.2 Å². The van der Waals surface area contributed by atoms with E-state index < -0.39 is 18.0 Å². The molecule has 3 rings (SSSR count). The van der Waals surface area contributed by atoms with Gasteiger partial charge in [-0.1, -0.05) is 60.1 Å². The van der Waals surface area contributed by atoms with Crippen molar-refractivity contribution in [1.29, 1.82) is 5.26 Å². The van der Waals surface area contributed by atoms with Gasteiger partial charge in [0.2, 0.25) is 0 Å².